The van der Waals surface area contributed by atoms with Crippen LogP contribution in [-0.2, 0) is 0 Å². The molecular weight excluding hydrogens is 192 g/mol. The summed E-state index contributed by atoms with van der Waals surface area (Å²) < 4.78 is 0. The summed E-state index contributed by atoms with van der Waals surface area (Å²) in [5.41, 5.74) is 7.69. The van der Waals surface area contributed by atoms with E-state index < -0.39 is 0 Å². The van der Waals surface area contributed by atoms with Gasteiger partial charge in [-0.15, -0.1) is 0 Å². The Morgan fingerprint density at radius 2 is 1.93 bits per heavy atom. The number of hydrogen-bond donors (Lipinski definition) is 1. The Morgan fingerprint density at radius 3 is 2.50 bits per heavy atom. The van der Waals surface area contributed by atoms with Gasteiger partial charge in [0, 0.05) is 25.0 Å². The number of nitrogens with two attached hydrogens (primary N) is 1. The van der Waals surface area contributed by atoms with E-state index in [1.165, 1.54) is 17.9 Å². The molecule has 0 radical (unpaired) electrons. The zero-order chi connectivity index (χ0) is 10.4. The van der Waals surface area contributed by atoms with Crippen molar-refractivity contribution in [3.05, 3.63) is 24.3 Å². The summed E-state index contributed by atoms with van der Waals surface area (Å²) in [6.07, 6.45) is 3.37. The second-order valence-corrected chi connectivity index (χ2v) is 4.35. The van der Waals surface area contributed by atoms with Gasteiger partial charge in [-0.1, -0.05) is 0 Å². The summed E-state index contributed by atoms with van der Waals surface area (Å²) in [4.78, 5) is 2.26. The molecular formula is C11H18N2S. The smallest absolute Gasteiger partial charge is 0.0365 e. The van der Waals surface area contributed by atoms with Crippen LogP contribution in [0.15, 0.2) is 24.3 Å². The molecule has 0 atom stereocenters. The van der Waals surface area contributed by atoms with Crippen molar-refractivity contribution in [1.82, 2.24) is 0 Å². The molecule has 0 spiro atoms. The van der Waals surface area contributed by atoms with Crippen molar-refractivity contribution < 1.29 is 0 Å². The molecule has 0 aliphatic rings. The van der Waals surface area contributed by atoms with Crippen molar-refractivity contribution in [2.24, 2.45) is 0 Å². The lowest BCUT2D eigenvalue weighted by atomic mass is 10.2. The van der Waals surface area contributed by atoms with E-state index in [1.54, 1.807) is 0 Å². The number of anilines is 2. The average Bonchev–Trinajstić information content (AvgIpc) is 2.19. The Hall–Kier alpha value is -0.830. The molecule has 0 unspecified atom stereocenters. The van der Waals surface area contributed by atoms with Gasteiger partial charge in [0.15, 0.2) is 0 Å². The van der Waals surface area contributed by atoms with Crippen LogP contribution < -0.4 is 10.6 Å². The van der Waals surface area contributed by atoms with Crippen LogP contribution in [0, 0.1) is 0 Å². The molecule has 0 aliphatic carbocycles. The molecule has 1 aromatic carbocycles. The lowest BCUT2D eigenvalue weighted by molar-refractivity contribution is 0.860. The van der Waals surface area contributed by atoms with Crippen LogP contribution >= 0.6 is 11.8 Å². The molecule has 14 heavy (non-hydrogen) atoms. The predicted molar refractivity (Wildman–Crippen MR) is 67.1 cm³/mol. The zero-order valence-electron chi connectivity index (χ0n) is 8.86. The van der Waals surface area contributed by atoms with Gasteiger partial charge in [-0.2, -0.15) is 11.8 Å². The minimum absolute atomic E-state index is 0.825. The van der Waals surface area contributed by atoms with Crippen molar-refractivity contribution in [3.63, 3.8) is 0 Å². The minimum atomic E-state index is 0.825. The van der Waals surface area contributed by atoms with Gasteiger partial charge in [0.2, 0.25) is 0 Å². The molecule has 3 heteroatoms. The van der Waals surface area contributed by atoms with Crippen molar-refractivity contribution in [2.45, 2.75) is 6.42 Å². The lowest BCUT2D eigenvalue weighted by Crippen LogP contribution is -2.18. The SMILES string of the molecule is CSCCCN(C)c1ccc(N)cc1. The van der Waals surface area contributed by atoms with Crippen molar-refractivity contribution in [2.75, 3.05) is 36.2 Å². The first kappa shape index (κ1) is 11.2. The number of nitrogens with zero attached hydrogens (tertiary/aromatic N) is 1. The highest BCUT2D eigenvalue weighted by molar-refractivity contribution is 7.98. The highest BCUT2D eigenvalue weighted by atomic mass is 32.2. The van der Waals surface area contributed by atoms with E-state index >= 15 is 0 Å². The lowest BCUT2D eigenvalue weighted by Gasteiger charge is -2.18. The zero-order valence-corrected chi connectivity index (χ0v) is 9.68. The van der Waals surface area contributed by atoms with Crippen molar-refractivity contribution in [1.29, 1.82) is 0 Å². The summed E-state index contributed by atoms with van der Waals surface area (Å²) in [6.45, 7) is 1.10. The van der Waals surface area contributed by atoms with E-state index in [-0.39, 0.29) is 0 Å². The first-order valence-electron chi connectivity index (χ1n) is 4.79. The van der Waals surface area contributed by atoms with Gasteiger partial charge >= 0.3 is 0 Å². The molecule has 2 N–H and O–H groups in total. The molecule has 0 amide bonds. The van der Waals surface area contributed by atoms with Crippen LogP contribution in [0.3, 0.4) is 0 Å². The van der Waals surface area contributed by atoms with Crippen LogP contribution in [0.2, 0.25) is 0 Å². The van der Waals surface area contributed by atoms with E-state index in [9.17, 15) is 0 Å². The highest BCUT2D eigenvalue weighted by Crippen LogP contribution is 2.15. The summed E-state index contributed by atoms with van der Waals surface area (Å²) in [5.74, 6) is 1.22. The molecule has 0 heterocycles. The Bertz CT molecular complexity index is 258. The molecule has 1 aromatic rings. The number of benzene rings is 1. The first-order chi connectivity index (χ1) is 6.74. The fraction of sp³-hybridized carbons (Fsp3) is 0.455. The van der Waals surface area contributed by atoms with Gasteiger partial charge in [-0.05, 0) is 42.7 Å². The molecule has 0 saturated carbocycles. The van der Waals surface area contributed by atoms with Crippen LogP contribution in [0.4, 0.5) is 11.4 Å². The molecule has 1 rings (SSSR count). The van der Waals surface area contributed by atoms with E-state index in [4.69, 9.17) is 5.73 Å². The largest absolute Gasteiger partial charge is 0.399 e. The topological polar surface area (TPSA) is 29.3 Å². The van der Waals surface area contributed by atoms with Gasteiger partial charge in [0.1, 0.15) is 0 Å². The third kappa shape index (κ3) is 3.50. The summed E-state index contributed by atoms with van der Waals surface area (Å²) in [7, 11) is 2.12. The van der Waals surface area contributed by atoms with Crippen molar-refractivity contribution >= 4 is 23.1 Å². The fourth-order valence-corrected chi connectivity index (χ4v) is 1.72. The summed E-state index contributed by atoms with van der Waals surface area (Å²) in [6, 6.07) is 8.02. The predicted octanol–water partition coefficient (Wildman–Crippen LogP) is 2.46. The molecule has 0 bridgehead atoms. The van der Waals surface area contributed by atoms with E-state index in [0.717, 1.165) is 12.2 Å². The van der Waals surface area contributed by atoms with Crippen LogP contribution in [0.1, 0.15) is 6.42 Å². The molecule has 0 fully saturated rings. The molecule has 2 nitrogen and oxygen atoms in total. The Kier molecular flexibility index (Phi) is 4.66. The number of nitrogen functional groups attached to an aromatic ring is 1. The third-order valence-corrected chi connectivity index (χ3v) is 2.87. The Balaban J connectivity index is 2.43. The van der Waals surface area contributed by atoms with E-state index in [2.05, 4.69) is 30.3 Å². The maximum absolute atomic E-state index is 5.63. The van der Waals surface area contributed by atoms with Gasteiger partial charge in [-0.3, -0.25) is 0 Å². The molecule has 0 saturated heterocycles. The normalized spacial score (nSPS) is 10.1. The maximum Gasteiger partial charge on any atom is 0.0365 e. The highest BCUT2D eigenvalue weighted by Gasteiger charge is 1.99. The van der Waals surface area contributed by atoms with Crippen LogP contribution in [0.25, 0.3) is 0 Å². The van der Waals surface area contributed by atoms with Gasteiger partial charge in [0.25, 0.3) is 0 Å². The standard InChI is InChI=1S/C11H18N2S/c1-13(8-3-9-14-2)11-6-4-10(12)5-7-11/h4-7H,3,8-9,12H2,1-2H3. The quantitative estimate of drug-likeness (QED) is 0.598. The number of thioether (sulfide) groups is 1. The van der Waals surface area contributed by atoms with Crippen LogP contribution in [-0.4, -0.2) is 25.6 Å². The summed E-state index contributed by atoms with van der Waals surface area (Å²) in [5, 5.41) is 0. The second-order valence-electron chi connectivity index (χ2n) is 3.36. The van der Waals surface area contributed by atoms with E-state index in [0.29, 0.717) is 0 Å². The molecule has 78 valence electrons. The number of hydrogen-bond acceptors (Lipinski definition) is 3. The average molecular weight is 210 g/mol. The summed E-state index contributed by atoms with van der Waals surface area (Å²) >= 11 is 1.89. The van der Waals surface area contributed by atoms with Crippen LogP contribution in [0.5, 0.6) is 0 Å². The maximum atomic E-state index is 5.63. The third-order valence-electron chi connectivity index (χ3n) is 2.18. The van der Waals surface area contributed by atoms with Gasteiger partial charge < -0.3 is 10.6 Å². The second kappa shape index (κ2) is 5.81. The Labute approximate surface area is 90.5 Å². The van der Waals surface area contributed by atoms with E-state index in [1.807, 2.05) is 23.9 Å². The molecule has 0 aromatic heterocycles. The number of rotatable bonds is 5. The Morgan fingerprint density at radius 1 is 1.29 bits per heavy atom. The monoisotopic (exact) mass is 210 g/mol. The first-order valence-corrected chi connectivity index (χ1v) is 6.19. The van der Waals surface area contributed by atoms with Gasteiger partial charge in [0.05, 0.1) is 0 Å². The fourth-order valence-electron chi connectivity index (χ4n) is 1.30. The van der Waals surface area contributed by atoms with Crippen molar-refractivity contribution in [3.8, 4) is 0 Å². The minimum Gasteiger partial charge on any atom is -0.399 e. The van der Waals surface area contributed by atoms with Gasteiger partial charge in [-0.25, -0.2) is 0 Å². The molecule has 0 aliphatic heterocycles.